The van der Waals surface area contributed by atoms with Gasteiger partial charge in [0.2, 0.25) is 0 Å². The molecule has 0 fully saturated rings. The molecule has 3 aromatic heterocycles. The predicted octanol–water partition coefficient (Wildman–Crippen LogP) is 4.63. The minimum Gasteiger partial charge on any atom is -0.340 e. The molecule has 9 heteroatoms. The topological polar surface area (TPSA) is 97.1 Å². The fraction of sp³-hybridized carbons (Fsp3) is 0.0417. The summed E-state index contributed by atoms with van der Waals surface area (Å²) in [5.74, 6) is 0.938. The molecule has 3 heterocycles. The molecular weight excluding hydrogens is 421 g/mol. The summed E-state index contributed by atoms with van der Waals surface area (Å²) in [7, 11) is 0. The molecule has 0 spiro atoms. The third kappa shape index (κ3) is 4.38. The van der Waals surface area contributed by atoms with Crippen LogP contribution in [0.4, 0.5) is 21.6 Å². The largest absolute Gasteiger partial charge is 0.340 e. The number of fused-ring (bicyclic) bond motifs is 1. The third-order valence-electron chi connectivity index (χ3n) is 4.86. The van der Waals surface area contributed by atoms with Gasteiger partial charge in [-0.15, -0.1) is 5.10 Å². The number of halogens is 1. The highest BCUT2D eigenvalue weighted by atomic mass is 19.1. The van der Waals surface area contributed by atoms with Gasteiger partial charge in [0.15, 0.2) is 5.82 Å². The van der Waals surface area contributed by atoms with Gasteiger partial charge in [-0.2, -0.15) is 9.50 Å². The van der Waals surface area contributed by atoms with Crippen LogP contribution in [0.25, 0.3) is 17.2 Å². The second-order valence-electron chi connectivity index (χ2n) is 7.34. The molecule has 0 saturated heterocycles. The quantitative estimate of drug-likeness (QED) is 0.414. The Bertz CT molecular complexity index is 1450. The second kappa shape index (κ2) is 8.46. The van der Waals surface area contributed by atoms with Gasteiger partial charge in [0.25, 0.3) is 11.7 Å². The Morgan fingerprint density at radius 3 is 2.61 bits per heavy atom. The van der Waals surface area contributed by atoms with Gasteiger partial charge in [0, 0.05) is 46.7 Å². The summed E-state index contributed by atoms with van der Waals surface area (Å²) >= 11 is 0. The number of anilines is 3. The van der Waals surface area contributed by atoms with Crippen LogP contribution in [0.3, 0.4) is 0 Å². The number of hydrogen-bond donors (Lipinski definition) is 2. The van der Waals surface area contributed by atoms with E-state index in [1.165, 1.54) is 24.3 Å². The van der Waals surface area contributed by atoms with Crippen LogP contribution in [0.1, 0.15) is 16.1 Å². The molecule has 2 N–H and O–H groups in total. The fourth-order valence-electron chi connectivity index (χ4n) is 3.32. The summed E-state index contributed by atoms with van der Waals surface area (Å²) in [6.07, 6.45) is 3.38. The summed E-state index contributed by atoms with van der Waals surface area (Å²) in [6, 6.07) is 18.2. The minimum absolute atomic E-state index is 0.305. The third-order valence-corrected chi connectivity index (χ3v) is 4.86. The van der Waals surface area contributed by atoms with E-state index in [4.69, 9.17) is 0 Å². The molecule has 0 bridgehead atoms. The Labute approximate surface area is 188 Å². The van der Waals surface area contributed by atoms with Crippen LogP contribution < -0.4 is 10.6 Å². The first kappa shape index (κ1) is 20.3. The van der Waals surface area contributed by atoms with Crippen LogP contribution in [-0.4, -0.2) is 30.5 Å². The number of hydrogen-bond acceptors (Lipinski definition) is 6. The molecule has 0 aliphatic heterocycles. The first-order chi connectivity index (χ1) is 16.0. The summed E-state index contributed by atoms with van der Waals surface area (Å²) in [5, 5.41) is 10.6. The molecule has 0 saturated carbocycles. The minimum atomic E-state index is -0.363. The van der Waals surface area contributed by atoms with Crippen molar-refractivity contribution >= 4 is 28.9 Å². The Balaban J connectivity index is 1.43. The molecule has 162 valence electrons. The first-order valence-electron chi connectivity index (χ1n) is 10.1. The van der Waals surface area contributed by atoms with Gasteiger partial charge < -0.3 is 10.6 Å². The second-order valence-corrected chi connectivity index (χ2v) is 7.34. The number of carbonyl (C=O) groups is 1. The Morgan fingerprint density at radius 1 is 0.970 bits per heavy atom. The zero-order valence-electron chi connectivity index (χ0n) is 17.5. The lowest BCUT2D eigenvalue weighted by atomic mass is 10.2. The van der Waals surface area contributed by atoms with Crippen molar-refractivity contribution in [2.45, 2.75) is 6.92 Å². The van der Waals surface area contributed by atoms with Crippen molar-refractivity contribution in [2.75, 3.05) is 10.6 Å². The highest BCUT2D eigenvalue weighted by Crippen LogP contribution is 2.22. The smallest absolute Gasteiger partial charge is 0.255 e. The van der Waals surface area contributed by atoms with Crippen molar-refractivity contribution in [3.8, 4) is 11.4 Å². The van der Waals surface area contributed by atoms with Crippen LogP contribution >= 0.6 is 0 Å². The molecule has 0 aliphatic carbocycles. The van der Waals surface area contributed by atoms with E-state index in [1.54, 1.807) is 35.1 Å². The molecule has 0 unspecified atom stereocenters. The molecule has 0 aliphatic rings. The van der Waals surface area contributed by atoms with Gasteiger partial charge in [-0.3, -0.25) is 9.78 Å². The van der Waals surface area contributed by atoms with Gasteiger partial charge in [0.1, 0.15) is 11.6 Å². The van der Waals surface area contributed by atoms with Crippen LogP contribution in [0.5, 0.6) is 0 Å². The number of benzene rings is 2. The number of aromatic nitrogens is 5. The Morgan fingerprint density at radius 2 is 1.82 bits per heavy atom. The Hall–Kier alpha value is -4.66. The average Bonchev–Trinajstić information content (AvgIpc) is 3.26. The van der Waals surface area contributed by atoms with E-state index >= 15 is 0 Å². The molecule has 0 atom stereocenters. The normalized spacial score (nSPS) is 10.8. The van der Waals surface area contributed by atoms with E-state index < -0.39 is 0 Å². The van der Waals surface area contributed by atoms with Crippen molar-refractivity contribution in [2.24, 2.45) is 0 Å². The average molecular weight is 439 g/mol. The molecule has 1 amide bonds. The lowest BCUT2D eigenvalue weighted by Crippen LogP contribution is -2.12. The van der Waals surface area contributed by atoms with Crippen molar-refractivity contribution < 1.29 is 9.18 Å². The van der Waals surface area contributed by atoms with Crippen molar-refractivity contribution in [1.82, 2.24) is 24.6 Å². The molecule has 0 radical (unpaired) electrons. The van der Waals surface area contributed by atoms with E-state index in [9.17, 15) is 9.18 Å². The molecular formula is C24H18FN7O. The van der Waals surface area contributed by atoms with Crippen LogP contribution in [0.15, 0.2) is 79.1 Å². The number of rotatable bonds is 5. The van der Waals surface area contributed by atoms with Crippen LogP contribution in [-0.2, 0) is 0 Å². The molecule has 2 aromatic carbocycles. The van der Waals surface area contributed by atoms with E-state index in [1.807, 2.05) is 31.2 Å². The number of aryl methyl sites for hydroxylation is 1. The summed E-state index contributed by atoms with van der Waals surface area (Å²) < 4.78 is 14.7. The summed E-state index contributed by atoms with van der Waals surface area (Å²) in [6.45, 7) is 1.87. The lowest BCUT2D eigenvalue weighted by Gasteiger charge is -2.10. The maximum atomic E-state index is 13.1. The van der Waals surface area contributed by atoms with Gasteiger partial charge >= 0.3 is 0 Å². The highest BCUT2D eigenvalue weighted by Gasteiger charge is 2.13. The zero-order valence-corrected chi connectivity index (χ0v) is 17.5. The van der Waals surface area contributed by atoms with Gasteiger partial charge in [-0.05, 0) is 61.5 Å². The Kier molecular flexibility index (Phi) is 5.19. The van der Waals surface area contributed by atoms with Crippen LogP contribution in [0, 0.1) is 12.7 Å². The maximum Gasteiger partial charge on any atom is 0.255 e. The number of nitrogens with zero attached hydrogens (tertiary/aromatic N) is 5. The zero-order chi connectivity index (χ0) is 22.8. The molecule has 5 rings (SSSR count). The van der Waals surface area contributed by atoms with E-state index in [0.717, 1.165) is 11.3 Å². The predicted molar refractivity (Wildman–Crippen MR) is 123 cm³/mol. The first-order valence-corrected chi connectivity index (χ1v) is 10.1. The summed E-state index contributed by atoms with van der Waals surface area (Å²) in [5.41, 5.74) is 3.19. The molecule has 5 aromatic rings. The van der Waals surface area contributed by atoms with E-state index in [-0.39, 0.29) is 11.7 Å². The SMILES string of the molecule is Cc1cc(Nc2cccc(C(=O)Nc3ccc(F)cc3)c2)n2nc(-c3cccnc3)nc2n1. The van der Waals surface area contributed by atoms with E-state index in [0.29, 0.717) is 34.4 Å². The maximum absolute atomic E-state index is 13.1. The summed E-state index contributed by atoms with van der Waals surface area (Å²) in [4.78, 5) is 25.7. The van der Waals surface area contributed by atoms with E-state index in [2.05, 4.69) is 30.7 Å². The molecule has 8 nitrogen and oxygen atoms in total. The number of nitrogens with one attached hydrogen (secondary N) is 2. The molecule has 33 heavy (non-hydrogen) atoms. The van der Waals surface area contributed by atoms with Crippen LogP contribution in [0.2, 0.25) is 0 Å². The number of carbonyl (C=O) groups excluding carboxylic acids is 1. The van der Waals surface area contributed by atoms with Gasteiger partial charge in [0.05, 0.1) is 0 Å². The van der Waals surface area contributed by atoms with Crippen molar-refractivity contribution in [3.05, 3.63) is 96.2 Å². The lowest BCUT2D eigenvalue weighted by molar-refractivity contribution is 0.102. The van der Waals surface area contributed by atoms with Crippen molar-refractivity contribution in [3.63, 3.8) is 0 Å². The number of pyridine rings is 1. The van der Waals surface area contributed by atoms with Gasteiger partial charge in [-0.25, -0.2) is 9.37 Å². The highest BCUT2D eigenvalue weighted by molar-refractivity contribution is 6.04. The standard InChI is InChI=1S/C24H18FN7O/c1-15-12-21(32-24(27-15)30-22(31-32)17-5-3-11-26-14-17)28-20-6-2-4-16(13-20)23(33)29-19-9-7-18(25)8-10-19/h2-14,28H,1H3,(H,29,33). The number of amides is 1. The van der Waals surface area contributed by atoms with Crippen molar-refractivity contribution in [1.29, 1.82) is 0 Å². The fourth-order valence-corrected chi connectivity index (χ4v) is 3.32. The monoisotopic (exact) mass is 439 g/mol. The van der Waals surface area contributed by atoms with Gasteiger partial charge in [-0.1, -0.05) is 6.07 Å².